The molecule has 2 aromatic carbocycles. The van der Waals surface area contributed by atoms with Crippen molar-refractivity contribution in [2.45, 2.75) is 20.2 Å². The Hall–Kier alpha value is -4.14. The Balaban J connectivity index is 1.91. The second kappa shape index (κ2) is 8.42. The van der Waals surface area contributed by atoms with E-state index in [1.165, 1.54) is 41.2 Å². The van der Waals surface area contributed by atoms with Crippen molar-refractivity contribution < 1.29 is 23.0 Å². The van der Waals surface area contributed by atoms with Gasteiger partial charge in [0.2, 0.25) is 0 Å². The zero-order chi connectivity index (χ0) is 23.8. The monoisotopic (exact) mass is 453 g/mol. The van der Waals surface area contributed by atoms with Gasteiger partial charge in [0.05, 0.1) is 22.8 Å². The van der Waals surface area contributed by atoms with Gasteiger partial charge >= 0.3 is 6.36 Å². The number of aryl methyl sites for hydroxylation is 2. The van der Waals surface area contributed by atoms with E-state index in [1.807, 2.05) is 32.0 Å². The van der Waals surface area contributed by atoms with Gasteiger partial charge in [-0.1, -0.05) is 30.3 Å². The summed E-state index contributed by atoms with van der Waals surface area (Å²) < 4.78 is 43.1. The molecule has 1 N–H and O–H groups in total. The Morgan fingerprint density at radius 2 is 1.73 bits per heavy atom. The first kappa shape index (κ1) is 22.1. The number of fused-ring (bicyclic) bond motifs is 1. The van der Waals surface area contributed by atoms with Gasteiger partial charge in [-0.25, -0.2) is 4.98 Å². The van der Waals surface area contributed by atoms with Crippen LogP contribution >= 0.6 is 0 Å². The van der Waals surface area contributed by atoms with Crippen LogP contribution in [0.3, 0.4) is 0 Å². The van der Waals surface area contributed by atoms with Crippen LogP contribution in [0.5, 0.6) is 11.5 Å². The van der Waals surface area contributed by atoms with Gasteiger partial charge in [0.25, 0.3) is 5.56 Å². The lowest BCUT2D eigenvalue weighted by Gasteiger charge is -2.16. The number of halogens is 3. The van der Waals surface area contributed by atoms with Crippen LogP contribution in [-0.4, -0.2) is 26.0 Å². The van der Waals surface area contributed by atoms with Gasteiger partial charge in [0.15, 0.2) is 11.5 Å². The molecule has 4 rings (SSSR count). The maximum absolute atomic E-state index is 13.4. The van der Waals surface area contributed by atoms with E-state index in [0.29, 0.717) is 16.6 Å². The number of nitrogens with zero attached hydrogens (tertiary/aromatic N) is 3. The molecule has 0 saturated heterocycles. The van der Waals surface area contributed by atoms with Crippen molar-refractivity contribution in [3.63, 3.8) is 0 Å². The van der Waals surface area contributed by atoms with Crippen LogP contribution < -0.4 is 10.3 Å². The normalized spacial score (nSPS) is 11.9. The predicted octanol–water partition coefficient (Wildman–Crippen LogP) is 5.17. The first-order valence-electron chi connectivity index (χ1n) is 9.85. The number of rotatable bonds is 4. The van der Waals surface area contributed by atoms with E-state index < -0.39 is 17.9 Å². The molecule has 0 unspecified atom stereocenters. The van der Waals surface area contributed by atoms with Gasteiger partial charge in [-0.05, 0) is 49.3 Å². The first-order valence-corrected chi connectivity index (χ1v) is 9.85. The van der Waals surface area contributed by atoms with E-state index >= 15 is 0 Å². The Bertz CT molecular complexity index is 1420. The largest absolute Gasteiger partial charge is 0.573 e. The predicted molar refractivity (Wildman–Crippen MR) is 118 cm³/mol. The standard InChI is InChI=1S/C24H18F3N3O3/c1-14-5-3-6-15(2)21(14)30-20(29-18-13-28-12-11-17(18)23(30)32)10-9-16-7-4-8-19(22(16)31)33-24(25,26)27/h3-13,31H,1-2H3/b10-9+. The molecule has 0 atom stereocenters. The van der Waals surface area contributed by atoms with Crippen molar-refractivity contribution >= 4 is 23.1 Å². The summed E-state index contributed by atoms with van der Waals surface area (Å²) in [4.78, 5) is 22.0. The number of benzene rings is 2. The van der Waals surface area contributed by atoms with Gasteiger partial charge in [-0.15, -0.1) is 13.2 Å². The molecule has 4 aromatic rings. The maximum Gasteiger partial charge on any atom is 0.573 e. The quantitative estimate of drug-likeness (QED) is 0.461. The van der Waals surface area contributed by atoms with Gasteiger partial charge in [0.1, 0.15) is 5.82 Å². The molecule has 6 nitrogen and oxygen atoms in total. The summed E-state index contributed by atoms with van der Waals surface area (Å²) in [6, 6.07) is 10.9. The van der Waals surface area contributed by atoms with Crippen LogP contribution in [0, 0.1) is 13.8 Å². The molecule has 0 aliphatic rings. The molecule has 0 aliphatic heterocycles. The highest BCUT2D eigenvalue weighted by molar-refractivity contribution is 5.80. The van der Waals surface area contributed by atoms with Crippen molar-refractivity contribution in [1.82, 2.24) is 14.5 Å². The summed E-state index contributed by atoms with van der Waals surface area (Å²) >= 11 is 0. The highest BCUT2D eigenvalue weighted by Crippen LogP contribution is 2.35. The third kappa shape index (κ3) is 4.43. The number of hydrogen-bond acceptors (Lipinski definition) is 5. The highest BCUT2D eigenvalue weighted by atomic mass is 19.4. The van der Waals surface area contributed by atoms with Crippen LogP contribution in [0.25, 0.3) is 28.7 Å². The van der Waals surface area contributed by atoms with E-state index in [9.17, 15) is 23.1 Å². The topological polar surface area (TPSA) is 77.2 Å². The Labute approximate surface area is 186 Å². The average molecular weight is 453 g/mol. The fourth-order valence-electron chi connectivity index (χ4n) is 3.59. The second-order valence-corrected chi connectivity index (χ2v) is 7.32. The van der Waals surface area contributed by atoms with Crippen molar-refractivity contribution in [2.24, 2.45) is 0 Å². The number of alkyl halides is 3. The molecule has 0 aliphatic carbocycles. The molecular formula is C24H18F3N3O3. The number of ether oxygens (including phenoxy) is 1. The maximum atomic E-state index is 13.4. The number of pyridine rings is 1. The Morgan fingerprint density at radius 3 is 2.42 bits per heavy atom. The number of aromatic nitrogens is 3. The zero-order valence-electron chi connectivity index (χ0n) is 17.6. The third-order valence-electron chi connectivity index (χ3n) is 5.03. The zero-order valence-corrected chi connectivity index (χ0v) is 17.6. The number of phenolic OH excluding ortho intramolecular Hbond substituents is 1. The molecule has 0 radical (unpaired) electrons. The van der Waals surface area contributed by atoms with Crippen molar-refractivity contribution in [3.8, 4) is 17.2 Å². The lowest BCUT2D eigenvalue weighted by molar-refractivity contribution is -0.275. The third-order valence-corrected chi connectivity index (χ3v) is 5.03. The molecule has 0 bridgehead atoms. The molecule has 2 aromatic heterocycles. The summed E-state index contributed by atoms with van der Waals surface area (Å²) in [6.45, 7) is 3.73. The molecule has 0 fully saturated rings. The minimum atomic E-state index is -4.95. The molecule has 0 spiro atoms. The van der Waals surface area contributed by atoms with Gasteiger partial charge < -0.3 is 9.84 Å². The number of para-hydroxylation sites is 2. The van der Waals surface area contributed by atoms with E-state index in [1.54, 1.807) is 6.07 Å². The van der Waals surface area contributed by atoms with E-state index in [0.717, 1.165) is 17.2 Å². The first-order chi connectivity index (χ1) is 15.7. The van der Waals surface area contributed by atoms with Crippen LogP contribution in [0.15, 0.2) is 59.7 Å². The lowest BCUT2D eigenvalue weighted by atomic mass is 10.1. The smallest absolute Gasteiger partial charge is 0.504 e. The summed E-state index contributed by atoms with van der Waals surface area (Å²) in [6.07, 6.45) is 0.826. The van der Waals surface area contributed by atoms with Crippen molar-refractivity contribution in [1.29, 1.82) is 0 Å². The van der Waals surface area contributed by atoms with Gasteiger partial charge in [-0.2, -0.15) is 0 Å². The summed E-state index contributed by atoms with van der Waals surface area (Å²) in [5.41, 5.74) is 2.42. The summed E-state index contributed by atoms with van der Waals surface area (Å²) in [7, 11) is 0. The van der Waals surface area contributed by atoms with Crippen LogP contribution in [0.4, 0.5) is 13.2 Å². The number of phenols is 1. The molecular weight excluding hydrogens is 435 g/mol. The van der Waals surface area contributed by atoms with Gasteiger partial charge in [-0.3, -0.25) is 14.3 Å². The van der Waals surface area contributed by atoms with E-state index in [2.05, 4.69) is 14.7 Å². The lowest BCUT2D eigenvalue weighted by Crippen LogP contribution is -2.24. The van der Waals surface area contributed by atoms with Gasteiger partial charge in [0, 0.05) is 11.8 Å². The van der Waals surface area contributed by atoms with Crippen molar-refractivity contribution in [3.05, 3.63) is 87.7 Å². The minimum Gasteiger partial charge on any atom is -0.504 e. The van der Waals surface area contributed by atoms with Crippen molar-refractivity contribution in [2.75, 3.05) is 0 Å². The molecule has 168 valence electrons. The number of aromatic hydroxyl groups is 1. The minimum absolute atomic E-state index is 0.0605. The fourth-order valence-corrected chi connectivity index (χ4v) is 3.59. The average Bonchev–Trinajstić information content (AvgIpc) is 2.75. The highest BCUT2D eigenvalue weighted by Gasteiger charge is 2.32. The SMILES string of the molecule is Cc1cccc(C)c1-n1c(/C=C/c2cccc(OC(F)(F)F)c2O)nc2cnccc2c1=O. The molecule has 0 amide bonds. The molecule has 9 heteroatoms. The summed E-state index contributed by atoms with van der Waals surface area (Å²) in [5, 5.41) is 10.6. The van der Waals surface area contributed by atoms with E-state index in [4.69, 9.17) is 0 Å². The fraction of sp³-hybridized carbons (Fsp3) is 0.125. The Kier molecular flexibility index (Phi) is 5.63. The second-order valence-electron chi connectivity index (χ2n) is 7.32. The van der Waals surface area contributed by atoms with E-state index in [-0.39, 0.29) is 16.9 Å². The molecule has 0 saturated carbocycles. The van der Waals surface area contributed by atoms with Crippen LogP contribution in [0.1, 0.15) is 22.5 Å². The summed E-state index contributed by atoms with van der Waals surface area (Å²) in [5.74, 6) is -1.19. The molecule has 2 heterocycles. The van der Waals surface area contributed by atoms with Crippen LogP contribution in [-0.2, 0) is 0 Å². The van der Waals surface area contributed by atoms with Crippen LogP contribution in [0.2, 0.25) is 0 Å². The Morgan fingerprint density at radius 1 is 1.03 bits per heavy atom. The number of hydrogen-bond donors (Lipinski definition) is 1. The molecule has 33 heavy (non-hydrogen) atoms.